The number of para-hydroxylation sites is 2. The molecule has 164 valence electrons. The summed E-state index contributed by atoms with van der Waals surface area (Å²) in [6, 6.07) is 16.6. The van der Waals surface area contributed by atoms with E-state index in [1.54, 1.807) is 23.1 Å². The quantitative estimate of drug-likeness (QED) is 0.417. The Hall–Kier alpha value is -3.07. The Morgan fingerprint density at radius 3 is 2.72 bits per heavy atom. The zero-order chi connectivity index (χ0) is 21.9. The summed E-state index contributed by atoms with van der Waals surface area (Å²) in [6.45, 7) is 4.57. The maximum atomic E-state index is 13.6. The first-order valence-electron chi connectivity index (χ1n) is 10.7. The predicted octanol–water partition coefficient (Wildman–Crippen LogP) is 3.77. The molecule has 0 saturated carbocycles. The van der Waals surface area contributed by atoms with Crippen molar-refractivity contribution in [3.8, 4) is 0 Å². The molecule has 2 aromatic heterocycles. The Balaban J connectivity index is 1.46. The molecule has 7 nitrogen and oxygen atoms in total. The smallest absolute Gasteiger partial charge is 0.349 e. The van der Waals surface area contributed by atoms with E-state index in [2.05, 4.69) is 9.88 Å². The second-order valence-electron chi connectivity index (χ2n) is 7.71. The number of carbonyl (C=O) groups excluding carboxylic acids is 1. The van der Waals surface area contributed by atoms with E-state index in [-0.39, 0.29) is 11.5 Å². The number of benzene rings is 2. The van der Waals surface area contributed by atoms with Crippen LogP contribution in [-0.4, -0.2) is 55.2 Å². The maximum absolute atomic E-state index is 13.6. The molecule has 0 radical (unpaired) electrons. The number of morpholine rings is 1. The van der Waals surface area contributed by atoms with Crippen LogP contribution < -0.4 is 10.5 Å². The topological polar surface area (TPSA) is 75.9 Å². The highest BCUT2D eigenvalue weighted by Gasteiger charge is 2.25. The van der Waals surface area contributed by atoms with Gasteiger partial charge in [-0.2, -0.15) is 0 Å². The van der Waals surface area contributed by atoms with E-state index >= 15 is 0 Å². The number of ether oxygens (including phenoxy) is 1. The minimum atomic E-state index is -0.631. The minimum absolute atomic E-state index is 0.0225. The van der Waals surface area contributed by atoms with Crippen molar-refractivity contribution in [3.05, 3.63) is 70.6 Å². The average molecular weight is 450 g/mol. The van der Waals surface area contributed by atoms with Crippen molar-refractivity contribution in [1.29, 1.82) is 0 Å². The SMILES string of the molecule is O=C(c1cc2ccccc2oc1=O)N(CCCN1CCOCC1)c1nc2ccccc2s1. The van der Waals surface area contributed by atoms with Crippen LogP contribution in [0, 0.1) is 0 Å². The van der Waals surface area contributed by atoms with E-state index in [4.69, 9.17) is 9.15 Å². The normalized spacial score (nSPS) is 14.8. The van der Waals surface area contributed by atoms with Crippen LogP contribution in [0.15, 0.2) is 63.8 Å². The summed E-state index contributed by atoms with van der Waals surface area (Å²) >= 11 is 1.45. The lowest BCUT2D eigenvalue weighted by Crippen LogP contribution is -2.40. The summed E-state index contributed by atoms with van der Waals surface area (Å²) in [5.41, 5.74) is 0.694. The fourth-order valence-corrected chi connectivity index (χ4v) is 4.88. The number of thiazole rings is 1. The molecule has 1 fully saturated rings. The third-order valence-corrected chi connectivity index (χ3v) is 6.65. The number of carbonyl (C=O) groups is 1. The Bertz CT molecular complexity index is 1280. The summed E-state index contributed by atoms with van der Waals surface area (Å²) < 4.78 is 11.8. The number of hydrogen-bond acceptors (Lipinski definition) is 7. The average Bonchev–Trinajstić information content (AvgIpc) is 3.25. The van der Waals surface area contributed by atoms with Gasteiger partial charge in [-0.1, -0.05) is 41.7 Å². The van der Waals surface area contributed by atoms with E-state index in [0.29, 0.717) is 22.6 Å². The fraction of sp³-hybridized carbons (Fsp3) is 0.292. The molecule has 1 aliphatic rings. The summed E-state index contributed by atoms with van der Waals surface area (Å²) in [4.78, 5) is 34.8. The standard InChI is InChI=1S/C24H23N3O4S/c28-22(18-16-17-6-1-3-8-20(17)31-23(18)29)27(11-5-10-26-12-14-30-15-13-26)24-25-19-7-2-4-9-21(19)32-24/h1-4,6-9,16H,5,10-15H2. The van der Waals surface area contributed by atoms with E-state index in [9.17, 15) is 9.59 Å². The molecule has 32 heavy (non-hydrogen) atoms. The van der Waals surface area contributed by atoms with Crippen LogP contribution in [0.3, 0.4) is 0 Å². The van der Waals surface area contributed by atoms with Crippen LogP contribution >= 0.6 is 11.3 Å². The molecule has 5 rings (SSSR count). The molecule has 0 N–H and O–H groups in total. The number of amides is 1. The molecular formula is C24H23N3O4S. The lowest BCUT2D eigenvalue weighted by molar-refractivity contribution is 0.0376. The van der Waals surface area contributed by atoms with E-state index in [1.165, 1.54) is 11.3 Å². The number of aromatic nitrogens is 1. The van der Waals surface area contributed by atoms with Gasteiger partial charge in [-0.25, -0.2) is 9.78 Å². The third-order valence-electron chi connectivity index (χ3n) is 5.59. The van der Waals surface area contributed by atoms with Gasteiger partial charge in [0.1, 0.15) is 11.1 Å². The van der Waals surface area contributed by atoms with E-state index < -0.39 is 5.63 Å². The molecule has 4 aromatic rings. The summed E-state index contributed by atoms with van der Waals surface area (Å²) in [5, 5.41) is 1.30. The van der Waals surface area contributed by atoms with Crippen LogP contribution in [0.5, 0.6) is 0 Å². The molecule has 1 aliphatic heterocycles. The number of rotatable bonds is 6. The second kappa shape index (κ2) is 9.20. The largest absolute Gasteiger partial charge is 0.422 e. The van der Waals surface area contributed by atoms with Gasteiger partial charge in [0, 0.05) is 31.6 Å². The van der Waals surface area contributed by atoms with Gasteiger partial charge in [0.25, 0.3) is 5.91 Å². The van der Waals surface area contributed by atoms with Gasteiger partial charge in [-0.3, -0.25) is 14.6 Å². The molecule has 8 heteroatoms. The van der Waals surface area contributed by atoms with Gasteiger partial charge in [0.2, 0.25) is 0 Å². The molecule has 1 amide bonds. The zero-order valence-corrected chi connectivity index (χ0v) is 18.3. The lowest BCUT2D eigenvalue weighted by atomic mass is 10.1. The first-order chi connectivity index (χ1) is 15.7. The summed E-state index contributed by atoms with van der Waals surface area (Å²) in [5.74, 6) is -0.384. The molecule has 1 saturated heterocycles. The van der Waals surface area contributed by atoms with Crippen molar-refractivity contribution < 1.29 is 13.9 Å². The van der Waals surface area contributed by atoms with Crippen molar-refractivity contribution in [3.63, 3.8) is 0 Å². The van der Waals surface area contributed by atoms with Crippen LogP contribution in [0.25, 0.3) is 21.2 Å². The van der Waals surface area contributed by atoms with Crippen LogP contribution in [0.4, 0.5) is 5.13 Å². The summed E-state index contributed by atoms with van der Waals surface area (Å²) in [7, 11) is 0. The Morgan fingerprint density at radius 2 is 1.88 bits per heavy atom. The van der Waals surface area contributed by atoms with Gasteiger partial charge < -0.3 is 9.15 Å². The summed E-state index contributed by atoms with van der Waals surface area (Å²) in [6.07, 6.45) is 0.764. The van der Waals surface area contributed by atoms with Gasteiger partial charge in [0.15, 0.2) is 5.13 Å². The zero-order valence-electron chi connectivity index (χ0n) is 17.5. The van der Waals surface area contributed by atoms with Crippen molar-refractivity contribution in [2.75, 3.05) is 44.3 Å². The molecule has 0 unspecified atom stereocenters. The van der Waals surface area contributed by atoms with Crippen molar-refractivity contribution in [1.82, 2.24) is 9.88 Å². The predicted molar refractivity (Wildman–Crippen MR) is 126 cm³/mol. The van der Waals surface area contributed by atoms with Gasteiger partial charge in [-0.05, 0) is 30.7 Å². The Morgan fingerprint density at radius 1 is 1.09 bits per heavy atom. The number of hydrogen-bond donors (Lipinski definition) is 0. The monoisotopic (exact) mass is 449 g/mol. The second-order valence-corrected chi connectivity index (χ2v) is 8.72. The molecular weight excluding hydrogens is 426 g/mol. The molecule has 2 aromatic carbocycles. The van der Waals surface area contributed by atoms with Gasteiger partial charge in [0.05, 0.1) is 23.4 Å². The molecule has 0 atom stereocenters. The van der Waals surface area contributed by atoms with E-state index in [0.717, 1.165) is 49.5 Å². The molecule has 3 heterocycles. The van der Waals surface area contributed by atoms with Crippen molar-refractivity contribution in [2.24, 2.45) is 0 Å². The third kappa shape index (κ3) is 4.29. The highest BCUT2D eigenvalue weighted by Crippen LogP contribution is 2.29. The van der Waals surface area contributed by atoms with Crippen LogP contribution in [-0.2, 0) is 4.74 Å². The first-order valence-corrected chi connectivity index (χ1v) is 11.5. The number of anilines is 1. The Kier molecular flexibility index (Phi) is 5.98. The molecule has 0 aliphatic carbocycles. The lowest BCUT2D eigenvalue weighted by Gasteiger charge is -2.27. The van der Waals surface area contributed by atoms with Gasteiger partial charge in [-0.15, -0.1) is 0 Å². The highest BCUT2D eigenvalue weighted by molar-refractivity contribution is 7.22. The molecule has 0 bridgehead atoms. The van der Waals surface area contributed by atoms with Crippen molar-refractivity contribution in [2.45, 2.75) is 6.42 Å². The van der Waals surface area contributed by atoms with Crippen molar-refractivity contribution >= 4 is 43.6 Å². The Labute approximate surface area is 188 Å². The van der Waals surface area contributed by atoms with Crippen LogP contribution in [0.2, 0.25) is 0 Å². The minimum Gasteiger partial charge on any atom is -0.422 e. The number of nitrogens with zero attached hydrogens (tertiary/aromatic N) is 3. The molecule has 0 spiro atoms. The van der Waals surface area contributed by atoms with Crippen LogP contribution in [0.1, 0.15) is 16.8 Å². The highest BCUT2D eigenvalue weighted by atomic mass is 32.1. The number of fused-ring (bicyclic) bond motifs is 2. The first kappa shape index (κ1) is 20.8. The van der Waals surface area contributed by atoms with Gasteiger partial charge >= 0.3 is 5.63 Å². The maximum Gasteiger partial charge on any atom is 0.349 e. The van der Waals surface area contributed by atoms with E-state index in [1.807, 2.05) is 36.4 Å². The fourth-order valence-electron chi connectivity index (χ4n) is 3.89.